The molecule has 0 aliphatic carbocycles. The first-order chi connectivity index (χ1) is 9.34. The monoisotopic (exact) mass is 282 g/mol. The van der Waals surface area contributed by atoms with Gasteiger partial charge in [-0.05, 0) is 33.7 Å². The van der Waals surface area contributed by atoms with Crippen LogP contribution in [0.5, 0.6) is 0 Å². The Bertz CT molecular complexity index is 468. The summed E-state index contributed by atoms with van der Waals surface area (Å²) in [6.45, 7) is 12.8. The van der Waals surface area contributed by atoms with Gasteiger partial charge in [0, 0.05) is 18.0 Å². The van der Waals surface area contributed by atoms with E-state index in [1.165, 1.54) is 0 Å². The lowest BCUT2D eigenvalue weighted by molar-refractivity contribution is -0.386. The Morgan fingerprint density at radius 3 is 2.35 bits per heavy atom. The quantitative estimate of drug-likeness (QED) is 0.616. The average molecular weight is 282 g/mol. The van der Waals surface area contributed by atoms with Gasteiger partial charge >= 0.3 is 5.69 Å². The third kappa shape index (κ3) is 3.17. The van der Waals surface area contributed by atoms with Crippen LogP contribution in [0, 0.1) is 17.0 Å². The van der Waals surface area contributed by atoms with E-state index in [4.69, 9.17) is 0 Å². The normalized spacial score (nSPS) is 14.6. The van der Waals surface area contributed by atoms with E-state index >= 15 is 0 Å². The van der Waals surface area contributed by atoms with Crippen molar-refractivity contribution >= 4 is 5.69 Å². The van der Waals surface area contributed by atoms with Crippen molar-refractivity contribution in [2.75, 3.05) is 6.54 Å². The van der Waals surface area contributed by atoms with Crippen molar-refractivity contribution in [1.82, 2.24) is 15.1 Å². The Balaban J connectivity index is 3.35. The first-order valence-electron chi connectivity index (χ1n) is 7.31. The van der Waals surface area contributed by atoms with E-state index in [0.717, 1.165) is 18.7 Å². The summed E-state index contributed by atoms with van der Waals surface area (Å²) in [6, 6.07) is 0.325. The van der Waals surface area contributed by atoms with Crippen LogP contribution in [0.15, 0.2) is 0 Å². The van der Waals surface area contributed by atoms with E-state index in [1.54, 1.807) is 11.6 Å². The molecule has 0 amide bonds. The summed E-state index contributed by atoms with van der Waals surface area (Å²) in [6.07, 6.45) is 0.925. The molecule has 0 fully saturated rings. The molecule has 0 aliphatic rings. The Morgan fingerprint density at radius 2 is 1.95 bits per heavy atom. The highest BCUT2D eigenvalue weighted by Gasteiger charge is 2.32. The zero-order valence-corrected chi connectivity index (χ0v) is 13.3. The lowest BCUT2D eigenvalue weighted by Crippen LogP contribution is -2.34. The van der Waals surface area contributed by atoms with Crippen molar-refractivity contribution in [3.05, 3.63) is 21.5 Å². The standard InChI is InChI=1S/C14H26N4O2/c1-7-12(15-8-2)10(5)13-14(18(19)20)11(6)16-17(13)9(3)4/h9-10,12,15H,7-8H2,1-6H3. The van der Waals surface area contributed by atoms with Crippen LogP contribution in [0.1, 0.15) is 64.4 Å². The van der Waals surface area contributed by atoms with Gasteiger partial charge in [-0.15, -0.1) is 0 Å². The number of nitrogens with zero attached hydrogens (tertiary/aromatic N) is 3. The van der Waals surface area contributed by atoms with Crippen LogP contribution in [0.3, 0.4) is 0 Å². The number of aryl methyl sites for hydroxylation is 1. The zero-order valence-electron chi connectivity index (χ0n) is 13.3. The number of hydrogen-bond acceptors (Lipinski definition) is 4. The highest BCUT2D eigenvalue weighted by atomic mass is 16.6. The van der Waals surface area contributed by atoms with Crippen LogP contribution in [0.25, 0.3) is 0 Å². The highest BCUT2D eigenvalue weighted by molar-refractivity contribution is 5.43. The molecule has 2 atom stereocenters. The molecular formula is C14H26N4O2. The van der Waals surface area contributed by atoms with Crippen molar-refractivity contribution in [1.29, 1.82) is 0 Å². The molecule has 1 N–H and O–H groups in total. The van der Waals surface area contributed by atoms with Crippen molar-refractivity contribution in [3.8, 4) is 0 Å². The van der Waals surface area contributed by atoms with E-state index in [0.29, 0.717) is 5.69 Å². The third-order valence-corrected chi connectivity index (χ3v) is 3.70. The van der Waals surface area contributed by atoms with Crippen LogP contribution in [0.2, 0.25) is 0 Å². The average Bonchev–Trinajstić information content (AvgIpc) is 2.73. The summed E-state index contributed by atoms with van der Waals surface area (Å²) >= 11 is 0. The summed E-state index contributed by atoms with van der Waals surface area (Å²) in [4.78, 5) is 11.1. The molecule has 1 aromatic heterocycles. The Hall–Kier alpha value is -1.43. The van der Waals surface area contributed by atoms with Gasteiger partial charge in [0.05, 0.1) is 4.92 Å². The van der Waals surface area contributed by atoms with E-state index in [1.807, 2.05) is 20.8 Å². The molecule has 0 radical (unpaired) electrons. The second-order valence-electron chi connectivity index (χ2n) is 5.48. The fourth-order valence-electron chi connectivity index (χ4n) is 2.73. The smallest absolute Gasteiger partial charge is 0.313 e. The molecule has 6 heteroatoms. The molecule has 0 aliphatic heterocycles. The number of likely N-dealkylation sites (N-methyl/N-ethyl adjacent to an activating group) is 1. The van der Waals surface area contributed by atoms with Crippen molar-refractivity contribution in [3.63, 3.8) is 0 Å². The topological polar surface area (TPSA) is 73.0 Å². The third-order valence-electron chi connectivity index (χ3n) is 3.70. The summed E-state index contributed by atoms with van der Waals surface area (Å²) in [5, 5.41) is 19.2. The number of nitrogens with one attached hydrogen (secondary N) is 1. The Labute approximate surface area is 120 Å². The minimum atomic E-state index is -0.300. The Morgan fingerprint density at radius 1 is 1.35 bits per heavy atom. The molecule has 2 unspecified atom stereocenters. The summed E-state index contributed by atoms with van der Waals surface area (Å²) in [7, 11) is 0. The van der Waals surface area contributed by atoms with Gasteiger partial charge < -0.3 is 5.32 Å². The SMILES string of the molecule is CCNC(CC)C(C)c1c([N+](=O)[O-])c(C)nn1C(C)C. The molecule has 1 aromatic rings. The maximum absolute atomic E-state index is 11.4. The predicted octanol–water partition coefficient (Wildman–Crippen LogP) is 3.17. The minimum absolute atomic E-state index is 0.0453. The molecule has 0 saturated heterocycles. The fraction of sp³-hybridized carbons (Fsp3) is 0.786. The maximum Gasteiger partial charge on any atom is 0.313 e. The Kier molecular flexibility index (Phi) is 5.68. The summed E-state index contributed by atoms with van der Waals surface area (Å²) < 4.78 is 1.80. The summed E-state index contributed by atoms with van der Waals surface area (Å²) in [5.74, 6) is 0.0453. The van der Waals surface area contributed by atoms with Gasteiger partial charge in [-0.2, -0.15) is 5.10 Å². The molecule has 1 rings (SSSR count). The minimum Gasteiger partial charge on any atom is -0.314 e. The second kappa shape index (κ2) is 6.83. The van der Waals surface area contributed by atoms with E-state index in [2.05, 4.69) is 24.3 Å². The van der Waals surface area contributed by atoms with E-state index in [9.17, 15) is 10.1 Å². The van der Waals surface area contributed by atoms with Gasteiger partial charge in [0.25, 0.3) is 0 Å². The van der Waals surface area contributed by atoms with Gasteiger partial charge in [-0.3, -0.25) is 14.8 Å². The van der Waals surface area contributed by atoms with Crippen LogP contribution in [0.4, 0.5) is 5.69 Å². The molecule has 0 saturated carbocycles. The number of aromatic nitrogens is 2. The molecule has 114 valence electrons. The molecule has 6 nitrogen and oxygen atoms in total. The van der Waals surface area contributed by atoms with E-state index in [-0.39, 0.29) is 28.6 Å². The number of rotatable bonds is 7. The fourth-order valence-corrected chi connectivity index (χ4v) is 2.73. The molecule has 20 heavy (non-hydrogen) atoms. The van der Waals surface area contributed by atoms with Gasteiger partial charge in [0.2, 0.25) is 0 Å². The zero-order chi connectivity index (χ0) is 15.4. The summed E-state index contributed by atoms with van der Waals surface area (Å²) in [5.41, 5.74) is 1.40. The highest BCUT2D eigenvalue weighted by Crippen LogP contribution is 2.34. The van der Waals surface area contributed by atoms with Crippen molar-refractivity contribution in [2.24, 2.45) is 0 Å². The first kappa shape index (κ1) is 16.6. The second-order valence-corrected chi connectivity index (χ2v) is 5.48. The molecule has 0 aromatic carbocycles. The lowest BCUT2D eigenvalue weighted by atomic mass is 9.94. The van der Waals surface area contributed by atoms with Gasteiger partial charge in [0.15, 0.2) is 0 Å². The first-order valence-corrected chi connectivity index (χ1v) is 7.31. The number of hydrogen-bond donors (Lipinski definition) is 1. The van der Waals surface area contributed by atoms with Gasteiger partial charge in [-0.1, -0.05) is 20.8 Å². The van der Waals surface area contributed by atoms with Gasteiger partial charge in [-0.25, -0.2) is 0 Å². The van der Waals surface area contributed by atoms with Crippen LogP contribution < -0.4 is 5.32 Å². The lowest BCUT2D eigenvalue weighted by Gasteiger charge is -2.24. The molecule has 1 heterocycles. The molecule has 0 spiro atoms. The van der Waals surface area contributed by atoms with Gasteiger partial charge in [0.1, 0.15) is 11.4 Å². The molecule has 0 bridgehead atoms. The predicted molar refractivity (Wildman–Crippen MR) is 80.2 cm³/mol. The van der Waals surface area contributed by atoms with Crippen LogP contribution in [-0.2, 0) is 0 Å². The van der Waals surface area contributed by atoms with Crippen molar-refractivity contribution in [2.45, 2.75) is 66.0 Å². The van der Waals surface area contributed by atoms with Crippen molar-refractivity contribution < 1.29 is 4.92 Å². The van der Waals surface area contributed by atoms with Crippen LogP contribution in [-0.4, -0.2) is 27.3 Å². The maximum atomic E-state index is 11.4. The largest absolute Gasteiger partial charge is 0.314 e. The van der Waals surface area contributed by atoms with E-state index < -0.39 is 0 Å². The number of nitro groups is 1. The van der Waals surface area contributed by atoms with Crippen LogP contribution >= 0.6 is 0 Å². The molecular weight excluding hydrogens is 256 g/mol.